The fraction of sp³-hybridized carbons (Fsp3) is 0.389. The van der Waals surface area contributed by atoms with Crippen molar-refractivity contribution in [3.05, 3.63) is 47.4 Å². The molecule has 2 aromatic rings. The van der Waals surface area contributed by atoms with Crippen molar-refractivity contribution in [1.82, 2.24) is 15.3 Å². The minimum Gasteiger partial charge on any atom is -0.497 e. The van der Waals surface area contributed by atoms with Gasteiger partial charge in [-0.3, -0.25) is 4.79 Å². The molecule has 0 aliphatic heterocycles. The SMILES string of the molecule is COc1ccc(CCNc2cc(C(=O)NC3CC3)nc(C)n2)cc1. The minimum absolute atomic E-state index is 0.124. The van der Waals surface area contributed by atoms with Crippen LogP contribution in [0.1, 0.15) is 34.7 Å². The van der Waals surface area contributed by atoms with Crippen molar-refractivity contribution >= 4 is 11.7 Å². The predicted octanol–water partition coefficient (Wildman–Crippen LogP) is 2.34. The first-order valence-corrected chi connectivity index (χ1v) is 8.17. The Morgan fingerprint density at radius 3 is 2.67 bits per heavy atom. The molecule has 24 heavy (non-hydrogen) atoms. The van der Waals surface area contributed by atoms with Crippen LogP contribution in [0.3, 0.4) is 0 Å². The highest BCUT2D eigenvalue weighted by atomic mass is 16.5. The van der Waals surface area contributed by atoms with Gasteiger partial charge in [-0.25, -0.2) is 9.97 Å². The third-order valence-electron chi connectivity index (χ3n) is 3.86. The first-order valence-electron chi connectivity index (χ1n) is 8.17. The monoisotopic (exact) mass is 326 g/mol. The summed E-state index contributed by atoms with van der Waals surface area (Å²) >= 11 is 0. The quantitative estimate of drug-likeness (QED) is 0.817. The number of carbonyl (C=O) groups excluding carboxylic acids is 1. The Labute approximate surface area is 141 Å². The zero-order valence-electron chi connectivity index (χ0n) is 14.0. The predicted molar refractivity (Wildman–Crippen MR) is 92.4 cm³/mol. The van der Waals surface area contributed by atoms with Gasteiger partial charge in [-0.15, -0.1) is 0 Å². The van der Waals surface area contributed by atoms with Crippen molar-refractivity contribution in [2.75, 3.05) is 19.0 Å². The molecule has 6 nitrogen and oxygen atoms in total. The molecule has 126 valence electrons. The molecular formula is C18H22N4O2. The van der Waals surface area contributed by atoms with Crippen molar-refractivity contribution < 1.29 is 9.53 Å². The summed E-state index contributed by atoms with van der Waals surface area (Å²) in [6, 6.07) is 10.0. The van der Waals surface area contributed by atoms with E-state index in [4.69, 9.17) is 4.74 Å². The van der Waals surface area contributed by atoms with Gasteiger partial charge in [-0.05, 0) is 43.9 Å². The first-order chi connectivity index (χ1) is 11.6. The second kappa shape index (κ2) is 7.29. The number of benzene rings is 1. The van der Waals surface area contributed by atoms with Crippen molar-refractivity contribution in [3.63, 3.8) is 0 Å². The number of rotatable bonds is 7. The summed E-state index contributed by atoms with van der Waals surface area (Å²) in [5, 5.41) is 6.21. The molecule has 1 aromatic heterocycles. The van der Waals surface area contributed by atoms with Gasteiger partial charge in [0.1, 0.15) is 23.1 Å². The minimum atomic E-state index is -0.124. The summed E-state index contributed by atoms with van der Waals surface area (Å²) in [5.74, 6) is 1.99. The summed E-state index contributed by atoms with van der Waals surface area (Å²) in [6.45, 7) is 2.52. The van der Waals surface area contributed by atoms with Crippen LogP contribution in [0.25, 0.3) is 0 Å². The Morgan fingerprint density at radius 2 is 2.00 bits per heavy atom. The molecule has 0 spiro atoms. The molecule has 2 N–H and O–H groups in total. The molecule has 1 fully saturated rings. The summed E-state index contributed by atoms with van der Waals surface area (Å²) in [4.78, 5) is 20.7. The Morgan fingerprint density at radius 1 is 1.25 bits per heavy atom. The molecule has 0 bridgehead atoms. The highest BCUT2D eigenvalue weighted by Crippen LogP contribution is 2.19. The number of nitrogens with one attached hydrogen (secondary N) is 2. The highest BCUT2D eigenvalue weighted by Gasteiger charge is 2.24. The van der Waals surface area contributed by atoms with E-state index in [-0.39, 0.29) is 5.91 Å². The van der Waals surface area contributed by atoms with Gasteiger partial charge >= 0.3 is 0 Å². The summed E-state index contributed by atoms with van der Waals surface area (Å²) in [7, 11) is 1.66. The molecule has 0 saturated heterocycles. The zero-order chi connectivity index (χ0) is 16.9. The van der Waals surface area contributed by atoms with Crippen molar-refractivity contribution in [3.8, 4) is 5.75 Å². The largest absolute Gasteiger partial charge is 0.497 e. The van der Waals surface area contributed by atoms with Crippen LogP contribution in [0.4, 0.5) is 5.82 Å². The smallest absolute Gasteiger partial charge is 0.270 e. The molecule has 0 radical (unpaired) electrons. The van der Waals surface area contributed by atoms with E-state index in [1.807, 2.05) is 24.3 Å². The highest BCUT2D eigenvalue weighted by molar-refractivity contribution is 5.93. The van der Waals surface area contributed by atoms with Crippen LogP contribution in [0.15, 0.2) is 30.3 Å². The van der Waals surface area contributed by atoms with E-state index < -0.39 is 0 Å². The van der Waals surface area contributed by atoms with Gasteiger partial charge in [0.05, 0.1) is 7.11 Å². The first kappa shape index (κ1) is 16.2. The maximum Gasteiger partial charge on any atom is 0.270 e. The lowest BCUT2D eigenvalue weighted by atomic mass is 10.1. The van der Waals surface area contributed by atoms with Crippen molar-refractivity contribution in [2.24, 2.45) is 0 Å². The molecule has 1 saturated carbocycles. The Bertz CT molecular complexity index is 711. The summed E-state index contributed by atoms with van der Waals surface area (Å²) in [5.41, 5.74) is 1.63. The zero-order valence-corrected chi connectivity index (χ0v) is 14.0. The fourth-order valence-electron chi connectivity index (χ4n) is 2.39. The number of nitrogens with zero attached hydrogens (tertiary/aromatic N) is 2. The van der Waals surface area contributed by atoms with Gasteiger partial charge in [0.2, 0.25) is 0 Å². The number of carbonyl (C=O) groups is 1. The Balaban J connectivity index is 1.57. The van der Waals surface area contributed by atoms with E-state index in [1.165, 1.54) is 5.56 Å². The van der Waals surface area contributed by atoms with Crippen LogP contribution in [-0.4, -0.2) is 35.6 Å². The van der Waals surface area contributed by atoms with Crippen LogP contribution in [0.5, 0.6) is 5.75 Å². The average molecular weight is 326 g/mol. The number of methoxy groups -OCH3 is 1. The normalized spacial score (nSPS) is 13.4. The van der Waals surface area contributed by atoms with E-state index >= 15 is 0 Å². The van der Waals surface area contributed by atoms with Crippen molar-refractivity contribution in [2.45, 2.75) is 32.2 Å². The number of hydrogen-bond acceptors (Lipinski definition) is 5. The Kier molecular flexibility index (Phi) is 4.93. The molecule has 0 unspecified atom stereocenters. The Hall–Kier alpha value is -2.63. The van der Waals surface area contributed by atoms with Crippen LogP contribution < -0.4 is 15.4 Å². The van der Waals surface area contributed by atoms with Crippen LogP contribution in [0, 0.1) is 6.92 Å². The topological polar surface area (TPSA) is 76.1 Å². The van der Waals surface area contributed by atoms with Crippen LogP contribution in [0.2, 0.25) is 0 Å². The molecule has 6 heteroatoms. The second-order valence-corrected chi connectivity index (χ2v) is 5.96. The summed E-state index contributed by atoms with van der Waals surface area (Å²) < 4.78 is 5.15. The fourth-order valence-corrected chi connectivity index (χ4v) is 2.39. The lowest BCUT2D eigenvalue weighted by Crippen LogP contribution is -2.26. The average Bonchev–Trinajstić information content (AvgIpc) is 3.39. The number of amides is 1. The van der Waals surface area contributed by atoms with E-state index in [0.29, 0.717) is 23.4 Å². The number of hydrogen-bond donors (Lipinski definition) is 2. The molecule has 1 aliphatic carbocycles. The molecule has 1 amide bonds. The maximum absolute atomic E-state index is 12.1. The standard InChI is InChI=1S/C18H22N4O2/c1-12-20-16(18(23)22-14-5-6-14)11-17(21-12)19-10-9-13-3-7-15(24-2)8-4-13/h3-4,7-8,11,14H,5-6,9-10H2,1-2H3,(H,22,23)(H,19,20,21). The number of aryl methyl sites for hydroxylation is 1. The number of ether oxygens (including phenoxy) is 1. The maximum atomic E-state index is 12.1. The van der Waals surface area contributed by atoms with Gasteiger partial charge < -0.3 is 15.4 Å². The second-order valence-electron chi connectivity index (χ2n) is 5.96. The molecule has 1 aromatic carbocycles. The van der Waals surface area contributed by atoms with Gasteiger partial charge in [-0.2, -0.15) is 0 Å². The molecule has 0 atom stereocenters. The van der Waals surface area contributed by atoms with Gasteiger partial charge in [0.15, 0.2) is 0 Å². The van der Waals surface area contributed by atoms with Crippen molar-refractivity contribution in [1.29, 1.82) is 0 Å². The molecule has 1 heterocycles. The molecule has 3 rings (SSSR count). The lowest BCUT2D eigenvalue weighted by molar-refractivity contribution is 0.0945. The van der Waals surface area contributed by atoms with Crippen LogP contribution in [-0.2, 0) is 6.42 Å². The van der Waals surface area contributed by atoms with Gasteiger partial charge in [-0.1, -0.05) is 12.1 Å². The van der Waals surface area contributed by atoms with E-state index in [0.717, 1.165) is 31.6 Å². The van der Waals surface area contributed by atoms with E-state index in [2.05, 4.69) is 20.6 Å². The van der Waals surface area contributed by atoms with Gasteiger partial charge in [0.25, 0.3) is 5.91 Å². The molecule has 1 aliphatic rings. The lowest BCUT2D eigenvalue weighted by Gasteiger charge is -2.09. The third-order valence-corrected chi connectivity index (χ3v) is 3.86. The molecular weight excluding hydrogens is 304 g/mol. The number of aromatic nitrogens is 2. The number of anilines is 1. The van der Waals surface area contributed by atoms with Crippen LogP contribution >= 0.6 is 0 Å². The summed E-state index contributed by atoms with van der Waals surface area (Å²) in [6.07, 6.45) is 2.97. The third kappa shape index (κ3) is 4.44. The van der Waals surface area contributed by atoms with E-state index in [1.54, 1.807) is 20.1 Å². The van der Waals surface area contributed by atoms with E-state index in [9.17, 15) is 4.79 Å². The van der Waals surface area contributed by atoms with Gasteiger partial charge in [0, 0.05) is 18.7 Å².